The summed E-state index contributed by atoms with van der Waals surface area (Å²) in [6.07, 6.45) is 5.24. The van der Waals surface area contributed by atoms with Crippen LogP contribution in [0.15, 0.2) is 48.5 Å². The van der Waals surface area contributed by atoms with Crippen molar-refractivity contribution in [2.45, 2.75) is 59.0 Å². The Bertz CT molecular complexity index is 813. The minimum atomic E-state index is -0.775. The van der Waals surface area contributed by atoms with Crippen molar-refractivity contribution >= 4 is 11.7 Å². The molecule has 30 heavy (non-hydrogen) atoms. The molecule has 0 unspecified atom stereocenters. The van der Waals surface area contributed by atoms with Crippen LogP contribution < -0.4 is 9.64 Å². The van der Waals surface area contributed by atoms with Gasteiger partial charge in [-0.2, -0.15) is 0 Å². The molecule has 3 rings (SSSR count). The molecule has 2 aromatic rings. The molecule has 0 bridgehead atoms. The number of ether oxygens (including phenoxy) is 1. The molecule has 162 valence electrons. The van der Waals surface area contributed by atoms with E-state index in [1.165, 1.54) is 12.8 Å². The first kappa shape index (κ1) is 22.2. The van der Waals surface area contributed by atoms with Gasteiger partial charge < -0.3 is 14.7 Å². The second-order valence-corrected chi connectivity index (χ2v) is 9.59. The number of rotatable bonds is 7. The number of carboxylic acid groups (broad SMARTS) is 1. The molecule has 4 heteroatoms. The molecule has 0 aliphatic heterocycles. The highest BCUT2D eigenvalue weighted by Gasteiger charge is 2.30. The van der Waals surface area contributed by atoms with E-state index in [-0.39, 0.29) is 6.42 Å². The van der Waals surface area contributed by atoms with E-state index in [1.54, 1.807) is 0 Å². The van der Waals surface area contributed by atoms with E-state index < -0.39 is 5.97 Å². The Morgan fingerprint density at radius 1 is 0.967 bits per heavy atom. The smallest absolute Gasteiger partial charge is 0.305 e. The average molecular weight is 410 g/mol. The zero-order valence-electron chi connectivity index (χ0n) is 18.7. The summed E-state index contributed by atoms with van der Waals surface area (Å²) >= 11 is 0. The van der Waals surface area contributed by atoms with Crippen molar-refractivity contribution in [3.8, 4) is 16.9 Å². The van der Waals surface area contributed by atoms with Gasteiger partial charge in [0.2, 0.25) is 0 Å². The van der Waals surface area contributed by atoms with Crippen LogP contribution in [0.5, 0.6) is 5.75 Å². The molecule has 0 amide bonds. The second kappa shape index (κ2) is 9.55. The molecule has 0 aromatic heterocycles. The van der Waals surface area contributed by atoms with Crippen LogP contribution in [0.1, 0.15) is 52.9 Å². The molecular weight excluding hydrogens is 374 g/mol. The number of nitrogens with zero attached hydrogens (tertiary/aromatic N) is 1. The third-order valence-corrected chi connectivity index (χ3v) is 6.36. The fourth-order valence-electron chi connectivity index (χ4n) is 4.27. The molecule has 4 nitrogen and oxygen atoms in total. The molecular formula is C26H35NO3. The van der Waals surface area contributed by atoms with E-state index in [0.29, 0.717) is 18.1 Å². The van der Waals surface area contributed by atoms with E-state index in [9.17, 15) is 4.79 Å². The lowest BCUT2D eigenvalue weighted by molar-refractivity contribution is -0.136. The third kappa shape index (κ3) is 6.01. The lowest BCUT2D eigenvalue weighted by Gasteiger charge is -2.36. The molecule has 0 radical (unpaired) electrons. The Hall–Kier alpha value is -2.49. The van der Waals surface area contributed by atoms with Crippen molar-refractivity contribution in [2.24, 2.45) is 11.3 Å². The van der Waals surface area contributed by atoms with Crippen molar-refractivity contribution in [2.75, 3.05) is 18.5 Å². The van der Waals surface area contributed by atoms with Crippen molar-refractivity contribution < 1.29 is 14.6 Å². The summed E-state index contributed by atoms with van der Waals surface area (Å²) in [5, 5.41) is 8.83. The maximum absolute atomic E-state index is 10.7. The number of carbonyl (C=O) groups is 1. The van der Waals surface area contributed by atoms with Gasteiger partial charge in [-0.15, -0.1) is 0 Å². The van der Waals surface area contributed by atoms with Crippen LogP contribution in [0.2, 0.25) is 0 Å². The summed E-state index contributed by atoms with van der Waals surface area (Å²) in [7, 11) is 1.92. The molecule has 0 heterocycles. The Labute approximate surface area is 180 Å². The van der Waals surface area contributed by atoms with Crippen LogP contribution >= 0.6 is 0 Å². The topological polar surface area (TPSA) is 49.8 Å². The number of hydrogen-bond acceptors (Lipinski definition) is 3. The minimum Gasteiger partial charge on any atom is -0.490 e. The van der Waals surface area contributed by atoms with Gasteiger partial charge in [-0.05, 0) is 72.4 Å². The Morgan fingerprint density at radius 3 is 2.00 bits per heavy atom. The van der Waals surface area contributed by atoms with E-state index in [1.807, 2.05) is 24.1 Å². The number of anilines is 1. The van der Waals surface area contributed by atoms with E-state index in [2.05, 4.69) is 57.2 Å². The van der Waals surface area contributed by atoms with Gasteiger partial charge in [0.25, 0.3) is 0 Å². The first-order chi connectivity index (χ1) is 14.2. The van der Waals surface area contributed by atoms with Crippen molar-refractivity contribution in [1.82, 2.24) is 0 Å². The molecule has 1 aliphatic carbocycles. The largest absolute Gasteiger partial charge is 0.490 e. The molecule has 0 saturated heterocycles. The number of hydrogen-bond donors (Lipinski definition) is 1. The first-order valence-corrected chi connectivity index (χ1v) is 11.0. The maximum atomic E-state index is 10.7. The lowest BCUT2D eigenvalue weighted by atomic mass is 9.72. The van der Waals surface area contributed by atoms with Gasteiger partial charge in [0.1, 0.15) is 5.75 Å². The zero-order chi connectivity index (χ0) is 21.7. The monoisotopic (exact) mass is 409 g/mol. The fourth-order valence-corrected chi connectivity index (χ4v) is 4.27. The van der Waals surface area contributed by atoms with Gasteiger partial charge in [0.15, 0.2) is 0 Å². The normalized spacial score (nSPS) is 19.3. The first-order valence-electron chi connectivity index (χ1n) is 11.0. The molecule has 2 aromatic carbocycles. The van der Waals surface area contributed by atoms with Crippen molar-refractivity contribution in [1.29, 1.82) is 0 Å². The highest BCUT2D eigenvalue weighted by molar-refractivity contribution is 5.69. The highest BCUT2D eigenvalue weighted by Crippen LogP contribution is 2.38. The number of carboxylic acids is 1. The van der Waals surface area contributed by atoms with Gasteiger partial charge in [0.05, 0.1) is 12.5 Å². The maximum Gasteiger partial charge on any atom is 0.305 e. The van der Waals surface area contributed by atoms with Crippen LogP contribution in [0.3, 0.4) is 0 Å². The summed E-state index contributed by atoms with van der Waals surface area (Å²) < 4.78 is 6.25. The number of aliphatic carboxylic acids is 1. The van der Waals surface area contributed by atoms with Crippen LogP contribution in [0.4, 0.5) is 5.69 Å². The summed E-state index contributed by atoms with van der Waals surface area (Å²) in [4.78, 5) is 12.7. The van der Waals surface area contributed by atoms with Crippen LogP contribution in [0.25, 0.3) is 11.1 Å². The molecule has 1 saturated carbocycles. The SMILES string of the molecule is CN(CCC(=O)O)c1ccc(-c2ccc(O[C@H]3CC[C@H](C(C)(C)C)CC3)cc2)cc1. The predicted octanol–water partition coefficient (Wildman–Crippen LogP) is 6.25. The fraction of sp³-hybridized carbons (Fsp3) is 0.500. The third-order valence-electron chi connectivity index (χ3n) is 6.36. The predicted molar refractivity (Wildman–Crippen MR) is 123 cm³/mol. The van der Waals surface area contributed by atoms with Gasteiger partial charge in [-0.1, -0.05) is 45.0 Å². The van der Waals surface area contributed by atoms with E-state index in [4.69, 9.17) is 9.84 Å². The summed E-state index contributed by atoms with van der Waals surface area (Å²) in [5.74, 6) is 0.969. The van der Waals surface area contributed by atoms with Gasteiger partial charge in [0, 0.05) is 19.3 Å². The van der Waals surface area contributed by atoms with Gasteiger partial charge in [-0.25, -0.2) is 0 Å². The van der Waals surface area contributed by atoms with E-state index >= 15 is 0 Å². The number of benzene rings is 2. The Morgan fingerprint density at radius 2 is 1.50 bits per heavy atom. The van der Waals surface area contributed by atoms with Crippen molar-refractivity contribution in [3.63, 3.8) is 0 Å². The van der Waals surface area contributed by atoms with Crippen LogP contribution in [-0.4, -0.2) is 30.8 Å². The zero-order valence-corrected chi connectivity index (χ0v) is 18.7. The molecule has 1 aliphatic rings. The molecule has 0 atom stereocenters. The quantitative estimate of drug-likeness (QED) is 0.587. The molecule has 1 N–H and O–H groups in total. The standard InChI is InChI=1S/C26H35NO3/c1-26(2,3)21-9-15-24(16-10-21)30-23-13-7-20(8-14-23)19-5-11-22(12-6-19)27(4)18-17-25(28)29/h5-8,11-14,21,24H,9-10,15-18H2,1-4H3,(H,28,29)/t21-,24-. The summed E-state index contributed by atoms with van der Waals surface area (Å²) in [6, 6.07) is 16.6. The summed E-state index contributed by atoms with van der Waals surface area (Å²) in [6.45, 7) is 7.53. The second-order valence-electron chi connectivity index (χ2n) is 9.59. The minimum absolute atomic E-state index is 0.136. The average Bonchev–Trinajstić information content (AvgIpc) is 2.72. The highest BCUT2D eigenvalue weighted by atomic mass is 16.5. The van der Waals surface area contributed by atoms with E-state index in [0.717, 1.165) is 41.3 Å². The Kier molecular flexibility index (Phi) is 7.06. The van der Waals surface area contributed by atoms with Gasteiger partial charge >= 0.3 is 5.97 Å². The lowest BCUT2D eigenvalue weighted by Crippen LogP contribution is -2.30. The van der Waals surface area contributed by atoms with Gasteiger partial charge in [-0.3, -0.25) is 4.79 Å². The summed E-state index contributed by atoms with van der Waals surface area (Å²) in [5.41, 5.74) is 3.71. The molecule has 0 spiro atoms. The Balaban J connectivity index is 1.55. The molecule has 1 fully saturated rings. The van der Waals surface area contributed by atoms with Crippen LogP contribution in [0, 0.1) is 11.3 Å². The van der Waals surface area contributed by atoms with Crippen molar-refractivity contribution in [3.05, 3.63) is 48.5 Å². The van der Waals surface area contributed by atoms with Crippen LogP contribution in [-0.2, 0) is 4.79 Å².